The standard InChI is InChI=1S/C12H14ClN3O/c1-3-11(17)9-7-16(15-14-9)10-6-4-5-8(2)12(10)13/h4-7,11,17H,3H2,1-2H3. The van der Waals surface area contributed by atoms with Crippen molar-refractivity contribution in [3.63, 3.8) is 0 Å². The molecule has 0 aliphatic carbocycles. The second-order valence-corrected chi connectivity index (χ2v) is 4.30. The Morgan fingerprint density at radius 3 is 2.94 bits per heavy atom. The van der Waals surface area contributed by atoms with Gasteiger partial charge in [0.2, 0.25) is 0 Å². The first-order valence-electron chi connectivity index (χ1n) is 5.49. The minimum Gasteiger partial charge on any atom is -0.387 e. The summed E-state index contributed by atoms with van der Waals surface area (Å²) >= 11 is 6.20. The molecule has 0 fully saturated rings. The maximum atomic E-state index is 9.66. The molecule has 0 aliphatic heterocycles. The number of nitrogens with zero attached hydrogens (tertiary/aromatic N) is 3. The van der Waals surface area contributed by atoms with Crippen LogP contribution in [0.4, 0.5) is 0 Å². The third kappa shape index (κ3) is 2.33. The van der Waals surface area contributed by atoms with E-state index in [9.17, 15) is 5.11 Å². The molecule has 4 nitrogen and oxygen atoms in total. The average Bonchev–Trinajstić information content (AvgIpc) is 2.81. The number of hydrogen-bond donors (Lipinski definition) is 1. The van der Waals surface area contributed by atoms with Gasteiger partial charge in [-0.3, -0.25) is 0 Å². The number of aliphatic hydroxyl groups is 1. The molecule has 2 aromatic rings. The number of halogens is 1. The first kappa shape index (κ1) is 12.1. The predicted molar refractivity (Wildman–Crippen MR) is 66.4 cm³/mol. The van der Waals surface area contributed by atoms with Crippen molar-refractivity contribution in [3.8, 4) is 5.69 Å². The van der Waals surface area contributed by atoms with Crippen LogP contribution >= 0.6 is 11.6 Å². The van der Waals surface area contributed by atoms with Gasteiger partial charge >= 0.3 is 0 Å². The van der Waals surface area contributed by atoms with E-state index in [1.807, 2.05) is 32.0 Å². The fraction of sp³-hybridized carbons (Fsp3) is 0.333. The van der Waals surface area contributed by atoms with Crippen LogP contribution in [0.15, 0.2) is 24.4 Å². The van der Waals surface area contributed by atoms with Gasteiger partial charge in [0.15, 0.2) is 0 Å². The first-order valence-corrected chi connectivity index (χ1v) is 5.87. The molecule has 1 heterocycles. The number of rotatable bonds is 3. The normalized spacial score (nSPS) is 12.7. The summed E-state index contributed by atoms with van der Waals surface area (Å²) in [6.07, 6.45) is 1.74. The van der Waals surface area contributed by atoms with E-state index in [-0.39, 0.29) is 0 Å². The average molecular weight is 252 g/mol. The highest BCUT2D eigenvalue weighted by Gasteiger charge is 2.12. The van der Waals surface area contributed by atoms with Crippen molar-refractivity contribution in [2.75, 3.05) is 0 Å². The number of aliphatic hydroxyl groups excluding tert-OH is 1. The maximum Gasteiger partial charge on any atom is 0.112 e. The molecule has 17 heavy (non-hydrogen) atoms. The van der Waals surface area contributed by atoms with E-state index in [0.29, 0.717) is 17.1 Å². The van der Waals surface area contributed by atoms with E-state index in [0.717, 1.165) is 11.3 Å². The zero-order chi connectivity index (χ0) is 12.4. The van der Waals surface area contributed by atoms with Crippen LogP contribution in [0, 0.1) is 6.92 Å². The molecule has 2 rings (SSSR count). The summed E-state index contributed by atoms with van der Waals surface area (Å²) < 4.78 is 1.59. The summed E-state index contributed by atoms with van der Waals surface area (Å²) in [4.78, 5) is 0. The lowest BCUT2D eigenvalue weighted by atomic mass is 10.2. The Balaban J connectivity index is 2.40. The van der Waals surface area contributed by atoms with Gasteiger partial charge < -0.3 is 5.11 Å². The van der Waals surface area contributed by atoms with Gasteiger partial charge in [-0.15, -0.1) is 5.10 Å². The molecule has 5 heteroatoms. The molecule has 0 saturated heterocycles. The maximum absolute atomic E-state index is 9.66. The fourth-order valence-electron chi connectivity index (χ4n) is 1.57. The topological polar surface area (TPSA) is 50.9 Å². The Kier molecular flexibility index (Phi) is 3.45. The second kappa shape index (κ2) is 4.85. The van der Waals surface area contributed by atoms with Crippen LogP contribution in [-0.2, 0) is 0 Å². The number of aromatic nitrogens is 3. The van der Waals surface area contributed by atoms with E-state index in [4.69, 9.17) is 11.6 Å². The summed E-state index contributed by atoms with van der Waals surface area (Å²) in [5, 5.41) is 18.2. The van der Waals surface area contributed by atoms with Crippen LogP contribution in [0.3, 0.4) is 0 Å². The van der Waals surface area contributed by atoms with Crippen LogP contribution in [0.5, 0.6) is 0 Å². The molecule has 1 aromatic heterocycles. The summed E-state index contributed by atoms with van der Waals surface area (Å²) in [5.74, 6) is 0. The molecule has 0 radical (unpaired) electrons. The fourth-order valence-corrected chi connectivity index (χ4v) is 1.78. The van der Waals surface area contributed by atoms with Crippen LogP contribution < -0.4 is 0 Å². The highest BCUT2D eigenvalue weighted by Crippen LogP contribution is 2.24. The summed E-state index contributed by atoms with van der Waals surface area (Å²) in [7, 11) is 0. The zero-order valence-corrected chi connectivity index (χ0v) is 10.5. The Labute approximate surface area is 105 Å². The minimum atomic E-state index is -0.577. The van der Waals surface area contributed by atoms with E-state index in [1.54, 1.807) is 10.9 Å². The van der Waals surface area contributed by atoms with Crippen LogP contribution in [0.25, 0.3) is 5.69 Å². The molecule has 0 aliphatic rings. The van der Waals surface area contributed by atoms with Crippen molar-refractivity contribution in [2.24, 2.45) is 0 Å². The van der Waals surface area contributed by atoms with Gasteiger partial charge in [-0.1, -0.05) is 35.9 Å². The quantitative estimate of drug-likeness (QED) is 0.913. The Morgan fingerprint density at radius 1 is 1.47 bits per heavy atom. The molecular weight excluding hydrogens is 238 g/mol. The molecule has 0 amide bonds. The minimum absolute atomic E-state index is 0.560. The van der Waals surface area contributed by atoms with Crippen molar-refractivity contribution in [2.45, 2.75) is 26.4 Å². The molecule has 1 atom stereocenters. The third-order valence-electron chi connectivity index (χ3n) is 2.66. The number of aryl methyl sites for hydroxylation is 1. The van der Waals surface area contributed by atoms with Crippen LogP contribution in [-0.4, -0.2) is 20.1 Å². The Bertz CT molecular complexity index is 524. The van der Waals surface area contributed by atoms with E-state index < -0.39 is 6.10 Å². The summed E-state index contributed by atoms with van der Waals surface area (Å²) in [5.41, 5.74) is 2.32. The summed E-state index contributed by atoms with van der Waals surface area (Å²) in [6, 6.07) is 5.71. The van der Waals surface area contributed by atoms with E-state index >= 15 is 0 Å². The lowest BCUT2D eigenvalue weighted by molar-refractivity contribution is 0.169. The Morgan fingerprint density at radius 2 is 2.24 bits per heavy atom. The van der Waals surface area contributed by atoms with Crippen molar-refractivity contribution in [3.05, 3.63) is 40.7 Å². The van der Waals surface area contributed by atoms with Crippen LogP contribution in [0.1, 0.15) is 30.7 Å². The van der Waals surface area contributed by atoms with Crippen LogP contribution in [0.2, 0.25) is 5.02 Å². The second-order valence-electron chi connectivity index (χ2n) is 3.92. The van der Waals surface area contributed by atoms with Crippen molar-refractivity contribution >= 4 is 11.6 Å². The monoisotopic (exact) mass is 251 g/mol. The largest absolute Gasteiger partial charge is 0.387 e. The third-order valence-corrected chi connectivity index (χ3v) is 3.15. The highest BCUT2D eigenvalue weighted by molar-refractivity contribution is 6.33. The molecule has 1 N–H and O–H groups in total. The molecule has 1 unspecified atom stereocenters. The Hall–Kier alpha value is -1.39. The van der Waals surface area contributed by atoms with Crippen molar-refractivity contribution < 1.29 is 5.11 Å². The molecular formula is C12H14ClN3O. The van der Waals surface area contributed by atoms with Gasteiger partial charge in [-0.2, -0.15) is 0 Å². The molecule has 0 spiro atoms. The van der Waals surface area contributed by atoms with Gasteiger partial charge in [0, 0.05) is 0 Å². The lowest BCUT2D eigenvalue weighted by Gasteiger charge is -2.05. The SMILES string of the molecule is CCC(O)c1cn(-c2cccc(C)c2Cl)nn1. The van der Waals surface area contributed by atoms with Gasteiger partial charge in [-0.05, 0) is 25.0 Å². The van der Waals surface area contributed by atoms with Crippen molar-refractivity contribution in [1.82, 2.24) is 15.0 Å². The van der Waals surface area contributed by atoms with E-state index in [2.05, 4.69) is 10.3 Å². The molecule has 0 bridgehead atoms. The molecule has 90 valence electrons. The molecule has 0 saturated carbocycles. The van der Waals surface area contributed by atoms with Crippen molar-refractivity contribution in [1.29, 1.82) is 0 Å². The number of benzene rings is 1. The smallest absolute Gasteiger partial charge is 0.112 e. The molecule has 1 aromatic carbocycles. The van der Waals surface area contributed by atoms with Gasteiger partial charge in [-0.25, -0.2) is 4.68 Å². The van der Waals surface area contributed by atoms with E-state index in [1.165, 1.54) is 0 Å². The zero-order valence-electron chi connectivity index (χ0n) is 9.76. The highest BCUT2D eigenvalue weighted by atomic mass is 35.5. The first-order chi connectivity index (χ1) is 8.13. The van der Waals surface area contributed by atoms with Gasteiger partial charge in [0.1, 0.15) is 5.69 Å². The lowest BCUT2D eigenvalue weighted by Crippen LogP contribution is -1.97. The van der Waals surface area contributed by atoms with Gasteiger partial charge in [0.05, 0.1) is 23.0 Å². The summed E-state index contributed by atoms with van der Waals surface area (Å²) in [6.45, 7) is 3.83. The predicted octanol–water partition coefficient (Wildman–Crippen LogP) is 2.67. The van der Waals surface area contributed by atoms with Gasteiger partial charge in [0.25, 0.3) is 0 Å². The number of hydrogen-bond acceptors (Lipinski definition) is 3.